The predicted molar refractivity (Wildman–Crippen MR) is 81.7 cm³/mol. The summed E-state index contributed by atoms with van der Waals surface area (Å²) >= 11 is 1.14. The first-order chi connectivity index (χ1) is 9.65. The SMILES string of the molecule is CCCC(CC#N)CON(C)SOc1ccc(C)cc1. The van der Waals surface area contributed by atoms with Crippen LogP contribution in [0.3, 0.4) is 0 Å². The second-order valence-corrected chi connectivity index (χ2v) is 5.55. The number of nitriles is 1. The Labute approximate surface area is 126 Å². The lowest BCUT2D eigenvalue weighted by molar-refractivity contribution is -0.0758. The molecule has 0 aliphatic rings. The summed E-state index contributed by atoms with van der Waals surface area (Å²) in [5, 5.41) is 8.75. The van der Waals surface area contributed by atoms with E-state index in [0.29, 0.717) is 13.0 Å². The van der Waals surface area contributed by atoms with Crippen LogP contribution in [0.5, 0.6) is 5.75 Å². The van der Waals surface area contributed by atoms with E-state index in [2.05, 4.69) is 13.0 Å². The van der Waals surface area contributed by atoms with Crippen LogP contribution < -0.4 is 4.18 Å². The molecule has 1 rings (SSSR count). The molecule has 1 aromatic carbocycles. The molecule has 20 heavy (non-hydrogen) atoms. The number of hydrogen-bond acceptors (Lipinski definition) is 5. The van der Waals surface area contributed by atoms with E-state index in [9.17, 15) is 0 Å². The topological polar surface area (TPSA) is 45.5 Å². The average Bonchev–Trinajstić information content (AvgIpc) is 2.44. The zero-order valence-electron chi connectivity index (χ0n) is 12.3. The van der Waals surface area contributed by atoms with Gasteiger partial charge in [0.05, 0.1) is 12.7 Å². The van der Waals surface area contributed by atoms with Gasteiger partial charge in [0.25, 0.3) is 0 Å². The highest BCUT2D eigenvalue weighted by atomic mass is 32.2. The molecule has 5 heteroatoms. The third-order valence-electron chi connectivity index (χ3n) is 2.83. The van der Waals surface area contributed by atoms with Gasteiger partial charge in [-0.1, -0.05) is 35.5 Å². The molecule has 0 fully saturated rings. The number of aryl methyl sites for hydroxylation is 1. The maximum Gasteiger partial charge on any atom is 0.173 e. The molecule has 1 atom stereocenters. The molecule has 0 saturated carbocycles. The Balaban J connectivity index is 2.27. The third-order valence-corrected chi connectivity index (χ3v) is 3.41. The highest BCUT2D eigenvalue weighted by molar-refractivity contribution is 7.92. The van der Waals surface area contributed by atoms with Gasteiger partial charge in [-0.25, -0.2) is 0 Å². The molecule has 1 aromatic rings. The smallest absolute Gasteiger partial charge is 0.173 e. The molecule has 0 heterocycles. The zero-order chi connectivity index (χ0) is 14.8. The molecular weight excluding hydrogens is 272 g/mol. The van der Waals surface area contributed by atoms with Crippen molar-refractivity contribution in [2.45, 2.75) is 33.1 Å². The van der Waals surface area contributed by atoms with Gasteiger partial charge in [-0.15, -0.1) is 0 Å². The Kier molecular flexibility index (Phi) is 8.12. The minimum absolute atomic E-state index is 0.285. The van der Waals surface area contributed by atoms with Gasteiger partial charge in [0.2, 0.25) is 0 Å². The van der Waals surface area contributed by atoms with Crippen LogP contribution in [-0.4, -0.2) is 18.1 Å². The molecule has 0 saturated heterocycles. The molecule has 0 aliphatic heterocycles. The maximum absolute atomic E-state index is 8.75. The van der Waals surface area contributed by atoms with Crippen molar-refractivity contribution < 1.29 is 9.02 Å². The normalized spacial score (nSPS) is 12.2. The highest BCUT2D eigenvalue weighted by Crippen LogP contribution is 2.20. The van der Waals surface area contributed by atoms with Crippen molar-refractivity contribution in [2.24, 2.45) is 5.92 Å². The summed E-state index contributed by atoms with van der Waals surface area (Å²) in [5.74, 6) is 1.07. The van der Waals surface area contributed by atoms with Gasteiger partial charge in [0.1, 0.15) is 5.75 Å². The summed E-state index contributed by atoms with van der Waals surface area (Å²) in [6, 6.07) is 10.0. The summed E-state index contributed by atoms with van der Waals surface area (Å²) < 4.78 is 7.11. The summed E-state index contributed by atoms with van der Waals surface area (Å²) in [5.41, 5.74) is 1.20. The van der Waals surface area contributed by atoms with Gasteiger partial charge in [-0.05, 0) is 31.4 Å². The highest BCUT2D eigenvalue weighted by Gasteiger charge is 2.10. The minimum Gasteiger partial charge on any atom is -0.408 e. The average molecular weight is 294 g/mol. The Morgan fingerprint density at radius 3 is 2.65 bits per heavy atom. The Hall–Kier alpha value is -1.22. The van der Waals surface area contributed by atoms with Crippen molar-refractivity contribution in [3.8, 4) is 11.8 Å². The van der Waals surface area contributed by atoms with E-state index in [1.807, 2.05) is 31.2 Å². The standard InChI is InChI=1S/C15H22N2O2S/c1-4-5-14(10-11-16)12-18-17(3)20-19-15-8-6-13(2)7-9-15/h6-9,14H,4-5,10,12H2,1-3H3. The first kappa shape index (κ1) is 16.8. The summed E-state index contributed by atoms with van der Waals surface area (Å²) in [7, 11) is 1.80. The summed E-state index contributed by atoms with van der Waals surface area (Å²) in [4.78, 5) is 5.57. The lowest BCUT2D eigenvalue weighted by atomic mass is 10.0. The molecule has 0 aliphatic carbocycles. The van der Waals surface area contributed by atoms with Crippen LogP contribution in [0.15, 0.2) is 24.3 Å². The van der Waals surface area contributed by atoms with Crippen LogP contribution in [0.2, 0.25) is 0 Å². The first-order valence-corrected chi connectivity index (χ1v) is 7.50. The van der Waals surface area contributed by atoms with Crippen LogP contribution in [-0.2, 0) is 4.84 Å². The fourth-order valence-corrected chi connectivity index (χ4v) is 2.11. The Bertz CT molecular complexity index is 417. The van der Waals surface area contributed by atoms with E-state index in [0.717, 1.165) is 30.8 Å². The first-order valence-electron chi connectivity index (χ1n) is 6.80. The molecule has 0 amide bonds. The zero-order valence-corrected chi connectivity index (χ0v) is 13.2. The van der Waals surface area contributed by atoms with Gasteiger partial charge in [-0.2, -0.15) is 5.26 Å². The van der Waals surface area contributed by atoms with Gasteiger partial charge in [0.15, 0.2) is 12.2 Å². The molecule has 0 spiro atoms. The molecule has 0 N–H and O–H groups in total. The van der Waals surface area contributed by atoms with Crippen molar-refractivity contribution in [2.75, 3.05) is 13.7 Å². The lowest BCUT2D eigenvalue weighted by Crippen LogP contribution is -2.18. The quantitative estimate of drug-likeness (QED) is 0.389. The van der Waals surface area contributed by atoms with Crippen LogP contribution >= 0.6 is 12.2 Å². The van der Waals surface area contributed by atoms with Crippen molar-refractivity contribution in [3.05, 3.63) is 29.8 Å². The van der Waals surface area contributed by atoms with Crippen LogP contribution in [0.1, 0.15) is 31.7 Å². The second kappa shape index (κ2) is 9.65. The fraction of sp³-hybridized carbons (Fsp3) is 0.533. The molecule has 0 radical (unpaired) electrons. The number of hydroxylamine groups is 1. The number of rotatable bonds is 9. The molecule has 0 aromatic heterocycles. The van der Waals surface area contributed by atoms with Crippen LogP contribution in [0.25, 0.3) is 0 Å². The molecule has 0 bridgehead atoms. The van der Waals surface area contributed by atoms with E-state index in [-0.39, 0.29) is 5.92 Å². The van der Waals surface area contributed by atoms with E-state index < -0.39 is 0 Å². The fourth-order valence-electron chi connectivity index (χ4n) is 1.70. The monoisotopic (exact) mass is 294 g/mol. The van der Waals surface area contributed by atoms with Crippen molar-refractivity contribution in [3.63, 3.8) is 0 Å². The van der Waals surface area contributed by atoms with Crippen LogP contribution in [0.4, 0.5) is 0 Å². The third kappa shape index (κ3) is 6.80. The van der Waals surface area contributed by atoms with Crippen molar-refractivity contribution >= 4 is 12.2 Å². The Morgan fingerprint density at radius 2 is 2.05 bits per heavy atom. The van der Waals surface area contributed by atoms with E-state index in [4.69, 9.17) is 14.3 Å². The minimum atomic E-state index is 0.285. The van der Waals surface area contributed by atoms with E-state index >= 15 is 0 Å². The van der Waals surface area contributed by atoms with E-state index in [1.165, 1.54) is 5.56 Å². The molecule has 4 nitrogen and oxygen atoms in total. The largest absolute Gasteiger partial charge is 0.408 e. The van der Waals surface area contributed by atoms with Crippen molar-refractivity contribution in [1.82, 2.24) is 4.47 Å². The molecule has 1 unspecified atom stereocenters. The number of benzene rings is 1. The van der Waals surface area contributed by atoms with Gasteiger partial charge < -0.3 is 4.18 Å². The van der Waals surface area contributed by atoms with Crippen LogP contribution in [0, 0.1) is 24.2 Å². The summed E-state index contributed by atoms with van der Waals surface area (Å²) in [6.07, 6.45) is 2.60. The Morgan fingerprint density at radius 1 is 1.35 bits per heavy atom. The number of hydrogen-bond donors (Lipinski definition) is 0. The second-order valence-electron chi connectivity index (χ2n) is 4.72. The number of nitrogens with zero attached hydrogens (tertiary/aromatic N) is 2. The lowest BCUT2D eigenvalue weighted by Gasteiger charge is -2.18. The van der Waals surface area contributed by atoms with E-state index in [1.54, 1.807) is 11.5 Å². The predicted octanol–water partition coefficient (Wildman–Crippen LogP) is 4.13. The summed E-state index contributed by atoms with van der Waals surface area (Å²) in [6.45, 7) is 4.70. The van der Waals surface area contributed by atoms with Gasteiger partial charge >= 0.3 is 0 Å². The molecule has 110 valence electrons. The maximum atomic E-state index is 8.75. The molecular formula is C15H22N2O2S. The van der Waals surface area contributed by atoms with Gasteiger partial charge in [0, 0.05) is 13.5 Å². The van der Waals surface area contributed by atoms with Gasteiger partial charge in [-0.3, -0.25) is 4.84 Å². The van der Waals surface area contributed by atoms with Crippen molar-refractivity contribution in [1.29, 1.82) is 5.26 Å².